The van der Waals surface area contributed by atoms with Crippen LogP contribution in [0.5, 0.6) is 0 Å². The average Bonchev–Trinajstić information content (AvgIpc) is 1.87. The maximum absolute atomic E-state index is 10.2. The van der Waals surface area contributed by atoms with Crippen molar-refractivity contribution in [3.05, 3.63) is 21.3 Å². The molecule has 0 fully saturated rings. The fourth-order valence-electron chi connectivity index (χ4n) is 0.454. The first-order valence-corrected chi connectivity index (χ1v) is 3.79. The summed E-state index contributed by atoms with van der Waals surface area (Å²) in [6.07, 6.45) is 1.54. The van der Waals surface area contributed by atoms with Crippen molar-refractivity contribution in [2.45, 2.75) is 12.5 Å². The third-order valence-electron chi connectivity index (χ3n) is 1.06. The van der Waals surface area contributed by atoms with Crippen molar-refractivity contribution in [1.82, 2.24) is 0 Å². The number of hydrogen-bond acceptors (Lipinski definition) is 3. The molecule has 0 bridgehead atoms. The van der Waals surface area contributed by atoms with Crippen LogP contribution in [0, 0.1) is 10.1 Å². The molecule has 1 atom stereocenters. The van der Waals surface area contributed by atoms with Gasteiger partial charge in [-0.05, 0) is 6.08 Å². The molecule has 4 nitrogen and oxygen atoms in total. The van der Waals surface area contributed by atoms with Crippen LogP contribution >= 0.6 is 23.2 Å². The SMILES string of the molecule is N/C(Cl)=C\CC(CCl)[N+](=O)[O-]. The van der Waals surface area contributed by atoms with Crippen LogP contribution in [0.25, 0.3) is 0 Å². The summed E-state index contributed by atoms with van der Waals surface area (Å²) in [7, 11) is 0. The lowest BCUT2D eigenvalue weighted by Crippen LogP contribution is -2.20. The second kappa shape index (κ2) is 5.21. The first kappa shape index (κ1) is 10.5. The fraction of sp³-hybridized carbons (Fsp3) is 0.600. The van der Waals surface area contributed by atoms with E-state index < -0.39 is 11.0 Å². The minimum atomic E-state index is -0.797. The molecule has 0 aliphatic heterocycles. The summed E-state index contributed by atoms with van der Waals surface area (Å²) in [5.41, 5.74) is 5.06. The highest BCUT2D eigenvalue weighted by Gasteiger charge is 2.16. The molecule has 11 heavy (non-hydrogen) atoms. The monoisotopic (exact) mass is 198 g/mol. The second-order valence-corrected chi connectivity index (χ2v) is 2.66. The highest BCUT2D eigenvalue weighted by atomic mass is 35.5. The summed E-state index contributed by atoms with van der Waals surface area (Å²) in [5.74, 6) is -0.0341. The van der Waals surface area contributed by atoms with Crippen molar-refractivity contribution < 1.29 is 4.92 Å². The van der Waals surface area contributed by atoms with Crippen LogP contribution in [0.3, 0.4) is 0 Å². The van der Waals surface area contributed by atoms with Crippen molar-refractivity contribution >= 4 is 23.2 Å². The minimum absolute atomic E-state index is 0.0341. The van der Waals surface area contributed by atoms with Gasteiger partial charge in [-0.1, -0.05) is 11.6 Å². The van der Waals surface area contributed by atoms with Gasteiger partial charge >= 0.3 is 0 Å². The molecule has 0 heterocycles. The Balaban J connectivity index is 3.89. The summed E-state index contributed by atoms with van der Waals surface area (Å²) in [5, 5.41) is 10.2. The van der Waals surface area contributed by atoms with E-state index in [0.717, 1.165) is 0 Å². The van der Waals surface area contributed by atoms with Gasteiger partial charge in [0.2, 0.25) is 6.04 Å². The maximum Gasteiger partial charge on any atom is 0.230 e. The number of nitro groups is 1. The standard InChI is InChI=1S/C5H8Cl2N2O2/c6-3-4(9(10)11)1-2-5(7)8/h2,4H,1,3,8H2/b5-2-. The van der Waals surface area contributed by atoms with Crippen molar-refractivity contribution in [3.63, 3.8) is 0 Å². The molecule has 0 saturated carbocycles. The second-order valence-electron chi connectivity index (χ2n) is 1.92. The Bertz CT molecular complexity index is 168. The van der Waals surface area contributed by atoms with E-state index in [0.29, 0.717) is 0 Å². The van der Waals surface area contributed by atoms with Gasteiger partial charge in [0, 0.05) is 11.3 Å². The largest absolute Gasteiger partial charge is 0.390 e. The molecule has 0 aliphatic carbocycles. The van der Waals surface area contributed by atoms with Crippen LogP contribution in [-0.4, -0.2) is 16.8 Å². The molecule has 0 aromatic carbocycles. The quantitative estimate of drug-likeness (QED) is 0.321. The molecule has 0 amide bonds. The summed E-state index contributed by atoms with van der Waals surface area (Å²) in [6, 6.07) is -0.797. The molecule has 0 aromatic rings. The molecule has 64 valence electrons. The van der Waals surface area contributed by atoms with Crippen molar-refractivity contribution in [2.24, 2.45) is 5.73 Å². The van der Waals surface area contributed by atoms with E-state index >= 15 is 0 Å². The first-order chi connectivity index (χ1) is 5.07. The zero-order chi connectivity index (χ0) is 8.85. The number of nitrogens with two attached hydrogens (primary N) is 1. The first-order valence-electron chi connectivity index (χ1n) is 2.88. The lowest BCUT2D eigenvalue weighted by Gasteiger charge is -2.00. The van der Waals surface area contributed by atoms with E-state index in [1.165, 1.54) is 6.08 Å². The number of alkyl halides is 1. The Labute approximate surface area is 74.1 Å². The van der Waals surface area contributed by atoms with Gasteiger partial charge in [-0.15, -0.1) is 11.6 Å². The molecule has 0 aromatic heterocycles. The highest BCUT2D eigenvalue weighted by molar-refractivity contribution is 6.28. The smallest absolute Gasteiger partial charge is 0.230 e. The van der Waals surface area contributed by atoms with Crippen LogP contribution in [0.1, 0.15) is 6.42 Å². The van der Waals surface area contributed by atoms with E-state index in [9.17, 15) is 10.1 Å². The van der Waals surface area contributed by atoms with Gasteiger partial charge in [0.15, 0.2) is 0 Å². The van der Waals surface area contributed by atoms with E-state index in [-0.39, 0.29) is 17.5 Å². The van der Waals surface area contributed by atoms with Gasteiger partial charge in [-0.25, -0.2) is 0 Å². The number of nitrogens with zero attached hydrogens (tertiary/aromatic N) is 1. The third-order valence-corrected chi connectivity index (χ3v) is 1.57. The molecule has 0 spiro atoms. The predicted octanol–water partition coefficient (Wildman–Crippen LogP) is 1.30. The van der Waals surface area contributed by atoms with Crippen molar-refractivity contribution in [3.8, 4) is 0 Å². The number of hydrogen-bond donors (Lipinski definition) is 1. The molecule has 6 heteroatoms. The molecule has 0 radical (unpaired) electrons. The number of rotatable bonds is 4. The minimum Gasteiger partial charge on any atom is -0.390 e. The summed E-state index contributed by atoms with van der Waals surface area (Å²) in [4.78, 5) is 9.70. The Kier molecular flexibility index (Phi) is 4.98. The lowest BCUT2D eigenvalue weighted by molar-refractivity contribution is -0.515. The lowest BCUT2D eigenvalue weighted by atomic mass is 10.2. The third kappa shape index (κ3) is 4.86. The molecule has 0 saturated heterocycles. The summed E-state index contributed by atoms with van der Waals surface area (Å²) < 4.78 is 0. The predicted molar refractivity (Wildman–Crippen MR) is 44.2 cm³/mol. The van der Waals surface area contributed by atoms with Crippen LogP contribution < -0.4 is 5.73 Å². The van der Waals surface area contributed by atoms with E-state index in [1.54, 1.807) is 0 Å². The average molecular weight is 199 g/mol. The van der Waals surface area contributed by atoms with E-state index in [1.807, 2.05) is 0 Å². The Morgan fingerprint density at radius 1 is 1.82 bits per heavy atom. The van der Waals surface area contributed by atoms with Crippen molar-refractivity contribution in [2.75, 3.05) is 5.88 Å². The van der Waals surface area contributed by atoms with Gasteiger partial charge < -0.3 is 5.73 Å². The molecule has 2 N–H and O–H groups in total. The van der Waals surface area contributed by atoms with Crippen LogP contribution in [-0.2, 0) is 0 Å². The zero-order valence-electron chi connectivity index (χ0n) is 5.67. The van der Waals surface area contributed by atoms with Crippen LogP contribution in [0.2, 0.25) is 0 Å². The summed E-state index contributed by atoms with van der Waals surface area (Å²) >= 11 is 10.5. The number of halogens is 2. The van der Waals surface area contributed by atoms with Gasteiger partial charge in [-0.2, -0.15) is 0 Å². The van der Waals surface area contributed by atoms with Gasteiger partial charge in [-0.3, -0.25) is 10.1 Å². The topological polar surface area (TPSA) is 69.2 Å². The maximum atomic E-state index is 10.2. The molecule has 0 rings (SSSR count). The van der Waals surface area contributed by atoms with Crippen LogP contribution in [0.4, 0.5) is 0 Å². The highest BCUT2D eigenvalue weighted by Crippen LogP contribution is 2.03. The van der Waals surface area contributed by atoms with Gasteiger partial charge in [0.05, 0.1) is 11.0 Å². The summed E-state index contributed by atoms with van der Waals surface area (Å²) in [6.45, 7) is 0. The van der Waals surface area contributed by atoms with Crippen molar-refractivity contribution in [1.29, 1.82) is 0 Å². The zero-order valence-corrected chi connectivity index (χ0v) is 7.18. The molecular weight excluding hydrogens is 191 g/mol. The molecular formula is C5H8Cl2N2O2. The molecule has 1 unspecified atom stereocenters. The van der Waals surface area contributed by atoms with Crippen LogP contribution in [0.15, 0.2) is 11.2 Å². The Morgan fingerprint density at radius 3 is 2.64 bits per heavy atom. The normalized spacial score (nSPS) is 14.5. The van der Waals surface area contributed by atoms with E-state index in [4.69, 9.17) is 28.9 Å². The Morgan fingerprint density at radius 2 is 2.36 bits per heavy atom. The van der Waals surface area contributed by atoms with Gasteiger partial charge in [0.1, 0.15) is 0 Å². The fourth-order valence-corrected chi connectivity index (χ4v) is 0.782. The van der Waals surface area contributed by atoms with E-state index in [2.05, 4.69) is 0 Å². The molecule has 0 aliphatic rings. The Hall–Kier alpha value is -0.480. The van der Waals surface area contributed by atoms with Gasteiger partial charge in [0.25, 0.3) is 0 Å².